The van der Waals surface area contributed by atoms with Crippen LogP contribution in [0.15, 0.2) is 53.0 Å². The largest absolute Gasteiger partial charge is 0.462 e. The lowest BCUT2D eigenvalue weighted by Gasteiger charge is -2.04. The van der Waals surface area contributed by atoms with E-state index < -0.39 is 5.91 Å². The van der Waals surface area contributed by atoms with E-state index in [4.69, 9.17) is 4.42 Å². The Labute approximate surface area is 116 Å². The fraction of sp³-hybridized carbons (Fsp3) is 0.0667. The zero-order chi connectivity index (χ0) is 14.4. The second kappa shape index (κ2) is 6.38. The molecule has 0 spiro atoms. The average molecular weight is 270 g/mol. The molecule has 5 heteroatoms. The Kier molecular flexibility index (Phi) is 4.34. The van der Waals surface area contributed by atoms with Gasteiger partial charge in [0, 0.05) is 11.6 Å². The third kappa shape index (κ3) is 3.84. The molecule has 0 bridgehead atoms. The van der Waals surface area contributed by atoms with Gasteiger partial charge in [-0.1, -0.05) is 18.2 Å². The summed E-state index contributed by atoms with van der Waals surface area (Å²) < 4.78 is 5.27. The first-order valence-corrected chi connectivity index (χ1v) is 6.05. The summed E-state index contributed by atoms with van der Waals surface area (Å²) >= 11 is 0. The number of furan rings is 1. The lowest BCUT2D eigenvalue weighted by Crippen LogP contribution is -2.40. The van der Waals surface area contributed by atoms with Crippen LogP contribution in [0, 0.1) is 6.92 Å². The van der Waals surface area contributed by atoms with Crippen molar-refractivity contribution < 1.29 is 14.0 Å². The molecular weight excluding hydrogens is 256 g/mol. The summed E-state index contributed by atoms with van der Waals surface area (Å²) in [5.41, 5.74) is 5.08. The van der Waals surface area contributed by atoms with Crippen molar-refractivity contribution in [1.82, 2.24) is 10.9 Å². The molecule has 1 heterocycles. The molecule has 2 N–H and O–H groups in total. The first-order valence-electron chi connectivity index (χ1n) is 6.05. The molecule has 0 saturated carbocycles. The highest BCUT2D eigenvalue weighted by molar-refractivity contribution is 5.97. The van der Waals surface area contributed by atoms with Crippen molar-refractivity contribution in [2.24, 2.45) is 0 Å². The zero-order valence-corrected chi connectivity index (χ0v) is 10.9. The molecular formula is C15H14N2O3. The van der Waals surface area contributed by atoms with Gasteiger partial charge in [-0.25, -0.2) is 0 Å². The van der Waals surface area contributed by atoms with Crippen LogP contribution in [0.4, 0.5) is 0 Å². The van der Waals surface area contributed by atoms with Crippen LogP contribution in [-0.4, -0.2) is 11.8 Å². The number of carbonyl (C=O) groups excluding carboxylic acids is 2. The standard InChI is InChI=1S/C15H14N2O3/c1-11-7-8-13(20-11)9-10-14(18)16-17-15(19)12-5-3-2-4-6-12/h2-10H,1H3,(H,16,18)(H,17,19). The Morgan fingerprint density at radius 3 is 2.45 bits per heavy atom. The molecule has 102 valence electrons. The van der Waals surface area contributed by atoms with Gasteiger partial charge < -0.3 is 4.42 Å². The van der Waals surface area contributed by atoms with Crippen LogP contribution in [0.25, 0.3) is 6.08 Å². The molecule has 0 radical (unpaired) electrons. The normalized spacial score (nSPS) is 10.4. The Morgan fingerprint density at radius 2 is 1.80 bits per heavy atom. The molecule has 0 fully saturated rings. The third-order valence-electron chi connectivity index (χ3n) is 2.50. The van der Waals surface area contributed by atoms with Gasteiger partial charge >= 0.3 is 0 Å². The molecule has 5 nitrogen and oxygen atoms in total. The fourth-order valence-electron chi connectivity index (χ4n) is 1.52. The number of hydrazine groups is 1. The molecule has 2 rings (SSSR count). The van der Waals surface area contributed by atoms with Gasteiger partial charge in [0.05, 0.1) is 0 Å². The Bertz CT molecular complexity index is 630. The van der Waals surface area contributed by atoms with E-state index in [1.807, 2.05) is 13.0 Å². The highest BCUT2D eigenvalue weighted by Gasteiger charge is 2.04. The van der Waals surface area contributed by atoms with Crippen molar-refractivity contribution in [3.05, 3.63) is 65.6 Å². The minimum atomic E-state index is -0.441. The highest BCUT2D eigenvalue weighted by atomic mass is 16.3. The summed E-state index contributed by atoms with van der Waals surface area (Å²) in [5.74, 6) is 0.527. The van der Waals surface area contributed by atoms with Crippen molar-refractivity contribution in [3.63, 3.8) is 0 Å². The van der Waals surface area contributed by atoms with E-state index in [2.05, 4.69) is 10.9 Å². The van der Waals surface area contributed by atoms with Crippen molar-refractivity contribution in [2.75, 3.05) is 0 Å². The molecule has 1 aromatic heterocycles. The molecule has 0 saturated heterocycles. The van der Waals surface area contributed by atoms with Crippen molar-refractivity contribution in [2.45, 2.75) is 6.92 Å². The fourth-order valence-corrected chi connectivity index (χ4v) is 1.52. The first-order chi connectivity index (χ1) is 9.65. The maximum atomic E-state index is 11.7. The van der Waals surface area contributed by atoms with Gasteiger partial charge in [-0.05, 0) is 37.3 Å². The van der Waals surface area contributed by atoms with E-state index in [9.17, 15) is 9.59 Å². The summed E-state index contributed by atoms with van der Waals surface area (Å²) in [5, 5.41) is 0. The van der Waals surface area contributed by atoms with E-state index in [-0.39, 0.29) is 5.91 Å². The lowest BCUT2D eigenvalue weighted by molar-refractivity contribution is -0.117. The second-order valence-electron chi connectivity index (χ2n) is 4.09. The molecule has 2 aromatic rings. The number of rotatable bonds is 3. The van der Waals surface area contributed by atoms with Crippen LogP contribution in [0.3, 0.4) is 0 Å². The van der Waals surface area contributed by atoms with E-state index in [0.29, 0.717) is 11.3 Å². The molecule has 1 aromatic carbocycles. The molecule has 0 atom stereocenters. The first kappa shape index (κ1) is 13.6. The molecule has 20 heavy (non-hydrogen) atoms. The van der Waals surface area contributed by atoms with Crippen molar-refractivity contribution in [1.29, 1.82) is 0 Å². The number of aryl methyl sites for hydroxylation is 1. The average Bonchev–Trinajstić information content (AvgIpc) is 2.89. The van der Waals surface area contributed by atoms with Crippen LogP contribution in [0.1, 0.15) is 21.9 Å². The predicted molar refractivity (Wildman–Crippen MR) is 74.5 cm³/mol. The van der Waals surface area contributed by atoms with Crippen LogP contribution >= 0.6 is 0 Å². The highest BCUT2D eigenvalue weighted by Crippen LogP contribution is 2.07. The van der Waals surface area contributed by atoms with E-state index in [1.54, 1.807) is 36.4 Å². The van der Waals surface area contributed by atoms with E-state index in [1.165, 1.54) is 12.2 Å². The number of hydrogen-bond acceptors (Lipinski definition) is 3. The van der Waals surface area contributed by atoms with Crippen molar-refractivity contribution >= 4 is 17.9 Å². The molecule has 0 unspecified atom stereocenters. The molecule has 0 aliphatic rings. The maximum absolute atomic E-state index is 11.7. The minimum absolute atomic E-state index is 0.374. The number of benzene rings is 1. The van der Waals surface area contributed by atoms with Crippen LogP contribution in [0.5, 0.6) is 0 Å². The van der Waals surface area contributed by atoms with Gasteiger partial charge in [-0.2, -0.15) is 0 Å². The Morgan fingerprint density at radius 1 is 1.05 bits per heavy atom. The molecule has 0 aliphatic heterocycles. The number of hydrogen-bond donors (Lipinski definition) is 2. The monoisotopic (exact) mass is 270 g/mol. The van der Waals surface area contributed by atoms with Crippen LogP contribution < -0.4 is 10.9 Å². The smallest absolute Gasteiger partial charge is 0.269 e. The Hall–Kier alpha value is -2.82. The van der Waals surface area contributed by atoms with Gasteiger partial charge in [0.2, 0.25) is 0 Å². The van der Waals surface area contributed by atoms with Crippen LogP contribution in [0.2, 0.25) is 0 Å². The summed E-state index contributed by atoms with van der Waals surface area (Å²) in [6.45, 7) is 1.82. The maximum Gasteiger partial charge on any atom is 0.269 e. The predicted octanol–water partition coefficient (Wildman–Crippen LogP) is 2.06. The Balaban J connectivity index is 1.83. The van der Waals surface area contributed by atoms with Crippen molar-refractivity contribution in [3.8, 4) is 0 Å². The summed E-state index contributed by atoms with van der Waals surface area (Å²) in [6.07, 6.45) is 2.81. The quantitative estimate of drug-likeness (QED) is 0.662. The summed E-state index contributed by atoms with van der Waals surface area (Å²) in [7, 11) is 0. The number of nitrogens with one attached hydrogen (secondary N) is 2. The zero-order valence-electron chi connectivity index (χ0n) is 10.9. The third-order valence-corrected chi connectivity index (χ3v) is 2.50. The lowest BCUT2D eigenvalue weighted by atomic mass is 10.2. The van der Waals surface area contributed by atoms with Gasteiger partial charge in [0.15, 0.2) is 0 Å². The van der Waals surface area contributed by atoms with Gasteiger partial charge in [-0.15, -0.1) is 0 Å². The van der Waals surface area contributed by atoms with Gasteiger partial charge in [-0.3, -0.25) is 20.4 Å². The molecule has 0 aliphatic carbocycles. The minimum Gasteiger partial charge on any atom is -0.462 e. The van der Waals surface area contributed by atoms with Crippen LogP contribution in [-0.2, 0) is 4.79 Å². The summed E-state index contributed by atoms with van der Waals surface area (Å²) in [6, 6.07) is 12.2. The number of amides is 2. The van der Waals surface area contributed by atoms with Gasteiger partial charge in [0.25, 0.3) is 11.8 Å². The van der Waals surface area contributed by atoms with E-state index >= 15 is 0 Å². The topological polar surface area (TPSA) is 71.3 Å². The molecule has 2 amide bonds. The number of carbonyl (C=O) groups is 2. The summed E-state index contributed by atoms with van der Waals surface area (Å²) in [4.78, 5) is 23.2. The second-order valence-corrected chi connectivity index (χ2v) is 4.09. The van der Waals surface area contributed by atoms with E-state index in [0.717, 1.165) is 5.76 Å². The SMILES string of the molecule is Cc1ccc(C=CC(=O)NNC(=O)c2ccccc2)o1. The van der Waals surface area contributed by atoms with Gasteiger partial charge in [0.1, 0.15) is 11.5 Å².